The van der Waals surface area contributed by atoms with E-state index in [2.05, 4.69) is 42.3 Å². The molecule has 1 fully saturated rings. The molecule has 1 N–H and O–H groups in total. The Labute approximate surface area is 195 Å². The van der Waals surface area contributed by atoms with Crippen molar-refractivity contribution in [3.05, 3.63) is 62.4 Å². The number of nitrogens with one attached hydrogen (secondary N) is 1. The van der Waals surface area contributed by atoms with Crippen LogP contribution in [0.5, 0.6) is 0 Å². The number of fused-ring (bicyclic) bond motifs is 1. The second kappa shape index (κ2) is 8.71. The van der Waals surface area contributed by atoms with Crippen LogP contribution in [-0.2, 0) is 0 Å². The first-order chi connectivity index (χ1) is 14.3. The fourth-order valence-electron chi connectivity index (χ4n) is 3.68. The van der Waals surface area contributed by atoms with E-state index in [1.165, 1.54) is 22.5 Å². The highest BCUT2D eigenvalue weighted by atomic mass is 35.5. The lowest BCUT2D eigenvalue weighted by atomic mass is 10.1. The quantitative estimate of drug-likeness (QED) is 0.460. The molecule has 0 aliphatic carbocycles. The maximum Gasteiger partial charge on any atom is 0.265 e. The van der Waals surface area contributed by atoms with E-state index in [4.69, 9.17) is 35.4 Å². The second-order valence-corrected chi connectivity index (χ2v) is 9.72. The van der Waals surface area contributed by atoms with Crippen LogP contribution in [0.4, 0.5) is 5.69 Å². The number of aryl methyl sites for hydroxylation is 2. The number of rotatable bonds is 2. The molecule has 3 aromatic rings. The van der Waals surface area contributed by atoms with Gasteiger partial charge in [0, 0.05) is 47.0 Å². The van der Waals surface area contributed by atoms with Gasteiger partial charge in [0.15, 0.2) is 5.11 Å². The average Bonchev–Trinajstić information content (AvgIpc) is 3.02. The van der Waals surface area contributed by atoms with Crippen LogP contribution in [0.3, 0.4) is 0 Å². The first-order valence-electron chi connectivity index (χ1n) is 9.63. The number of piperazine rings is 1. The van der Waals surface area contributed by atoms with Crippen molar-refractivity contribution in [2.45, 2.75) is 13.8 Å². The predicted molar refractivity (Wildman–Crippen MR) is 131 cm³/mol. The van der Waals surface area contributed by atoms with Crippen LogP contribution in [0.25, 0.3) is 10.1 Å². The minimum absolute atomic E-state index is 0.0369. The molecule has 1 amide bonds. The number of thiophene rings is 1. The number of hydrogen-bond donors (Lipinski definition) is 1. The highest BCUT2D eigenvalue weighted by Crippen LogP contribution is 2.37. The minimum Gasteiger partial charge on any atom is -0.345 e. The van der Waals surface area contributed by atoms with E-state index in [1.807, 2.05) is 17.0 Å². The van der Waals surface area contributed by atoms with Crippen LogP contribution >= 0.6 is 46.8 Å². The van der Waals surface area contributed by atoms with E-state index in [9.17, 15) is 4.79 Å². The molecule has 1 aliphatic heterocycles. The van der Waals surface area contributed by atoms with Gasteiger partial charge in [-0.2, -0.15) is 0 Å². The summed E-state index contributed by atoms with van der Waals surface area (Å²) in [5.74, 6) is -0.0369. The topological polar surface area (TPSA) is 35.6 Å². The summed E-state index contributed by atoms with van der Waals surface area (Å²) < 4.78 is 0.924. The summed E-state index contributed by atoms with van der Waals surface area (Å²) in [7, 11) is 0. The number of anilines is 1. The van der Waals surface area contributed by atoms with Gasteiger partial charge in [-0.3, -0.25) is 4.79 Å². The Kier molecular flexibility index (Phi) is 6.21. The minimum atomic E-state index is -0.0369. The molecule has 0 atom stereocenters. The van der Waals surface area contributed by atoms with E-state index in [-0.39, 0.29) is 5.91 Å². The fourth-order valence-corrected chi connectivity index (χ4v) is 5.74. The Morgan fingerprint density at radius 1 is 1.00 bits per heavy atom. The smallest absolute Gasteiger partial charge is 0.265 e. The number of nitrogens with zero attached hydrogens (tertiary/aromatic N) is 2. The molecule has 30 heavy (non-hydrogen) atoms. The van der Waals surface area contributed by atoms with Crippen molar-refractivity contribution in [2.24, 2.45) is 0 Å². The van der Waals surface area contributed by atoms with Gasteiger partial charge in [0.2, 0.25) is 0 Å². The van der Waals surface area contributed by atoms with E-state index >= 15 is 0 Å². The zero-order valence-electron chi connectivity index (χ0n) is 16.7. The molecular weight excluding hydrogens is 457 g/mol. The van der Waals surface area contributed by atoms with E-state index in [0.717, 1.165) is 15.8 Å². The molecule has 4 nitrogen and oxygen atoms in total. The zero-order chi connectivity index (χ0) is 21.4. The van der Waals surface area contributed by atoms with Crippen molar-refractivity contribution >= 4 is 73.5 Å². The van der Waals surface area contributed by atoms with Gasteiger partial charge in [-0.25, -0.2) is 0 Å². The largest absolute Gasteiger partial charge is 0.345 e. The summed E-state index contributed by atoms with van der Waals surface area (Å²) in [5, 5.41) is 6.02. The summed E-state index contributed by atoms with van der Waals surface area (Å²) in [4.78, 5) is 17.6. The maximum atomic E-state index is 13.1. The van der Waals surface area contributed by atoms with Crippen LogP contribution in [0, 0.1) is 13.8 Å². The van der Waals surface area contributed by atoms with Gasteiger partial charge in [-0.05, 0) is 61.5 Å². The van der Waals surface area contributed by atoms with Gasteiger partial charge in [0.05, 0.1) is 5.02 Å². The van der Waals surface area contributed by atoms with Crippen LogP contribution in [0.2, 0.25) is 10.0 Å². The number of carbonyl (C=O) groups is 1. The Morgan fingerprint density at radius 2 is 1.63 bits per heavy atom. The van der Waals surface area contributed by atoms with Crippen LogP contribution in [0.15, 0.2) is 36.4 Å². The number of amides is 1. The molecule has 2 heterocycles. The van der Waals surface area contributed by atoms with Crippen molar-refractivity contribution < 1.29 is 4.79 Å². The van der Waals surface area contributed by atoms with Crippen molar-refractivity contribution in [1.29, 1.82) is 0 Å². The molecule has 4 rings (SSSR count). The number of hydrogen-bond acceptors (Lipinski definition) is 3. The van der Waals surface area contributed by atoms with Gasteiger partial charge in [-0.1, -0.05) is 35.3 Å². The number of halogens is 2. The molecule has 0 unspecified atom stereocenters. The van der Waals surface area contributed by atoms with Crippen molar-refractivity contribution in [3.8, 4) is 0 Å². The number of benzene rings is 2. The first-order valence-corrected chi connectivity index (χ1v) is 11.6. The van der Waals surface area contributed by atoms with Gasteiger partial charge in [0.25, 0.3) is 5.91 Å². The predicted octanol–water partition coefficient (Wildman–Crippen LogP) is 5.98. The molecule has 1 aliphatic rings. The lowest BCUT2D eigenvalue weighted by Gasteiger charge is -2.36. The summed E-state index contributed by atoms with van der Waals surface area (Å²) >= 11 is 19.6. The van der Waals surface area contributed by atoms with Crippen molar-refractivity contribution in [2.75, 3.05) is 31.5 Å². The van der Waals surface area contributed by atoms with Gasteiger partial charge < -0.3 is 15.1 Å². The molecule has 0 spiro atoms. The first kappa shape index (κ1) is 21.4. The van der Waals surface area contributed by atoms with Crippen molar-refractivity contribution in [1.82, 2.24) is 9.80 Å². The average molecular weight is 478 g/mol. The molecule has 0 radical (unpaired) electrons. The molecule has 1 aromatic heterocycles. The lowest BCUT2D eigenvalue weighted by molar-refractivity contribution is 0.0698. The summed E-state index contributed by atoms with van der Waals surface area (Å²) in [6, 6.07) is 11.8. The lowest BCUT2D eigenvalue weighted by Crippen LogP contribution is -2.51. The van der Waals surface area contributed by atoms with E-state index < -0.39 is 0 Å². The zero-order valence-corrected chi connectivity index (χ0v) is 19.8. The molecule has 8 heteroatoms. The van der Waals surface area contributed by atoms with Gasteiger partial charge >= 0.3 is 0 Å². The molecule has 2 aromatic carbocycles. The Balaban J connectivity index is 1.41. The Morgan fingerprint density at radius 3 is 2.30 bits per heavy atom. The third-order valence-electron chi connectivity index (χ3n) is 5.11. The normalized spacial score (nSPS) is 14.3. The van der Waals surface area contributed by atoms with Crippen LogP contribution in [-0.4, -0.2) is 47.0 Å². The third kappa shape index (κ3) is 4.42. The van der Waals surface area contributed by atoms with Gasteiger partial charge in [0.1, 0.15) is 4.88 Å². The number of thiocarbonyl (C=S) groups is 1. The van der Waals surface area contributed by atoms with Gasteiger partial charge in [-0.15, -0.1) is 11.3 Å². The molecule has 1 saturated heterocycles. The summed E-state index contributed by atoms with van der Waals surface area (Å²) in [5.41, 5.74) is 3.38. The molecule has 156 valence electrons. The Bertz CT molecular complexity index is 1120. The second-order valence-electron chi connectivity index (χ2n) is 7.47. The van der Waals surface area contributed by atoms with E-state index in [0.29, 0.717) is 46.2 Å². The van der Waals surface area contributed by atoms with E-state index in [1.54, 1.807) is 6.07 Å². The fraction of sp³-hybridized carbons (Fsp3) is 0.273. The monoisotopic (exact) mass is 477 g/mol. The molecular formula is C22H21Cl2N3OS2. The summed E-state index contributed by atoms with van der Waals surface area (Å²) in [6.07, 6.45) is 0. The Hall–Kier alpha value is -1.86. The highest BCUT2D eigenvalue weighted by Gasteiger charge is 2.27. The summed E-state index contributed by atoms with van der Waals surface area (Å²) in [6.45, 7) is 6.68. The third-order valence-corrected chi connectivity index (χ3v) is 7.35. The molecule has 0 bridgehead atoms. The molecule has 0 saturated carbocycles. The standard InChI is InChI=1S/C22H21Cl2N3OS2/c1-13-9-14(2)11-16(10-13)25-22(29)27-7-5-26(6-8-27)21(28)20-19(24)17-4-3-15(23)12-18(17)30-20/h3-4,9-12H,5-8H2,1-2H3,(H,25,29). The van der Waals surface area contributed by atoms with Crippen molar-refractivity contribution in [3.63, 3.8) is 0 Å². The van der Waals surface area contributed by atoms with Crippen LogP contribution < -0.4 is 5.32 Å². The van der Waals surface area contributed by atoms with Crippen LogP contribution in [0.1, 0.15) is 20.8 Å². The SMILES string of the molecule is Cc1cc(C)cc(NC(=S)N2CCN(C(=O)c3sc4cc(Cl)ccc4c3Cl)CC2)c1. The maximum absolute atomic E-state index is 13.1. The number of carbonyl (C=O) groups excluding carboxylic acids is 1. The highest BCUT2D eigenvalue weighted by molar-refractivity contribution is 7.80.